The van der Waals surface area contributed by atoms with E-state index in [1.165, 1.54) is 19.2 Å². The molecule has 0 radical (unpaired) electrons. The average molecular weight is 434 g/mol. The SMILES string of the molecule is COC(=O)c1ccc(-c2nc(-c3ccccc3O)nc(-c3cc(Cl)ccc3O)n2)cc1. The molecule has 154 valence electrons. The van der Waals surface area contributed by atoms with Gasteiger partial charge >= 0.3 is 5.97 Å². The van der Waals surface area contributed by atoms with Gasteiger partial charge in [-0.1, -0.05) is 35.9 Å². The topological polar surface area (TPSA) is 105 Å². The molecule has 7 nitrogen and oxygen atoms in total. The Bertz CT molecular complexity index is 1280. The Kier molecular flexibility index (Phi) is 5.51. The maximum absolute atomic E-state index is 11.7. The number of rotatable bonds is 4. The van der Waals surface area contributed by atoms with Crippen LogP contribution in [0.25, 0.3) is 34.2 Å². The summed E-state index contributed by atoms with van der Waals surface area (Å²) in [6.07, 6.45) is 0. The summed E-state index contributed by atoms with van der Waals surface area (Å²) in [5, 5.41) is 21.0. The Morgan fingerprint density at radius 1 is 0.806 bits per heavy atom. The minimum Gasteiger partial charge on any atom is -0.507 e. The van der Waals surface area contributed by atoms with Gasteiger partial charge < -0.3 is 14.9 Å². The maximum Gasteiger partial charge on any atom is 0.337 e. The molecule has 31 heavy (non-hydrogen) atoms. The van der Waals surface area contributed by atoms with Crippen LogP contribution in [0.2, 0.25) is 5.02 Å². The van der Waals surface area contributed by atoms with Crippen molar-refractivity contribution in [1.29, 1.82) is 0 Å². The molecular formula is C23H16ClN3O4. The summed E-state index contributed by atoms with van der Waals surface area (Å²) in [6, 6.07) is 17.8. The Morgan fingerprint density at radius 2 is 1.42 bits per heavy atom. The minimum atomic E-state index is -0.457. The highest BCUT2D eigenvalue weighted by Gasteiger charge is 2.17. The van der Waals surface area contributed by atoms with Crippen LogP contribution in [0.1, 0.15) is 10.4 Å². The second kappa shape index (κ2) is 8.41. The van der Waals surface area contributed by atoms with E-state index in [1.807, 2.05) is 0 Å². The van der Waals surface area contributed by atoms with E-state index < -0.39 is 5.97 Å². The van der Waals surface area contributed by atoms with Gasteiger partial charge in [-0.15, -0.1) is 0 Å². The Labute approximate surface area is 182 Å². The van der Waals surface area contributed by atoms with Crippen molar-refractivity contribution in [2.24, 2.45) is 0 Å². The summed E-state index contributed by atoms with van der Waals surface area (Å²) in [5.41, 5.74) is 1.71. The van der Waals surface area contributed by atoms with Crippen molar-refractivity contribution in [2.75, 3.05) is 7.11 Å². The molecule has 0 aliphatic heterocycles. The number of methoxy groups -OCH3 is 1. The van der Waals surface area contributed by atoms with Gasteiger partial charge in [-0.3, -0.25) is 0 Å². The van der Waals surface area contributed by atoms with Crippen molar-refractivity contribution < 1.29 is 19.7 Å². The number of nitrogens with zero attached hydrogens (tertiary/aromatic N) is 3. The van der Waals surface area contributed by atoms with Crippen molar-refractivity contribution in [3.8, 4) is 45.7 Å². The predicted molar refractivity (Wildman–Crippen MR) is 116 cm³/mol. The average Bonchev–Trinajstić information content (AvgIpc) is 2.80. The maximum atomic E-state index is 11.7. The number of esters is 1. The molecule has 0 aliphatic carbocycles. The lowest BCUT2D eigenvalue weighted by molar-refractivity contribution is 0.0600. The number of para-hydroxylation sites is 1. The van der Waals surface area contributed by atoms with Crippen LogP contribution in [0.15, 0.2) is 66.7 Å². The third kappa shape index (κ3) is 4.17. The van der Waals surface area contributed by atoms with E-state index in [0.29, 0.717) is 33.1 Å². The van der Waals surface area contributed by atoms with Crippen LogP contribution in [0, 0.1) is 0 Å². The van der Waals surface area contributed by atoms with E-state index in [2.05, 4.69) is 15.0 Å². The van der Waals surface area contributed by atoms with Crippen LogP contribution >= 0.6 is 11.6 Å². The van der Waals surface area contributed by atoms with Crippen molar-refractivity contribution in [3.05, 3.63) is 77.3 Å². The van der Waals surface area contributed by atoms with Gasteiger partial charge in [-0.05, 0) is 42.5 Å². The van der Waals surface area contributed by atoms with Gasteiger partial charge in [0.2, 0.25) is 0 Å². The van der Waals surface area contributed by atoms with E-state index in [-0.39, 0.29) is 23.1 Å². The molecule has 4 aromatic rings. The molecule has 1 heterocycles. The molecule has 0 atom stereocenters. The highest BCUT2D eigenvalue weighted by atomic mass is 35.5. The molecule has 0 amide bonds. The van der Waals surface area contributed by atoms with Crippen LogP contribution in [0.4, 0.5) is 0 Å². The molecule has 4 rings (SSSR count). The molecule has 2 N–H and O–H groups in total. The van der Waals surface area contributed by atoms with Gasteiger partial charge in [0.05, 0.1) is 23.8 Å². The Balaban J connectivity index is 1.91. The normalized spacial score (nSPS) is 10.6. The molecule has 0 spiro atoms. The fraction of sp³-hybridized carbons (Fsp3) is 0.0435. The summed E-state index contributed by atoms with van der Waals surface area (Å²) in [7, 11) is 1.31. The number of halogens is 1. The fourth-order valence-corrected chi connectivity index (χ4v) is 3.14. The number of phenolic OH excluding ortho intramolecular Hbond substituents is 2. The molecule has 0 unspecified atom stereocenters. The van der Waals surface area contributed by atoms with Gasteiger partial charge in [0.15, 0.2) is 17.5 Å². The molecule has 0 aliphatic rings. The molecule has 1 aromatic heterocycles. The number of phenols is 2. The highest BCUT2D eigenvalue weighted by Crippen LogP contribution is 2.33. The largest absolute Gasteiger partial charge is 0.507 e. The minimum absolute atomic E-state index is 0.00181. The summed E-state index contributed by atoms with van der Waals surface area (Å²) < 4.78 is 4.73. The zero-order valence-corrected chi connectivity index (χ0v) is 17.0. The summed E-state index contributed by atoms with van der Waals surface area (Å²) in [6.45, 7) is 0. The second-order valence-corrected chi connectivity index (χ2v) is 6.99. The molecule has 0 bridgehead atoms. The second-order valence-electron chi connectivity index (χ2n) is 6.55. The van der Waals surface area contributed by atoms with Crippen LogP contribution < -0.4 is 0 Å². The highest BCUT2D eigenvalue weighted by molar-refractivity contribution is 6.30. The number of hydrogen-bond acceptors (Lipinski definition) is 7. The molecule has 8 heteroatoms. The number of carbonyl (C=O) groups excluding carboxylic acids is 1. The quantitative estimate of drug-likeness (QED) is 0.448. The first-order chi connectivity index (χ1) is 15.0. The number of aromatic hydroxyl groups is 2. The zero-order chi connectivity index (χ0) is 22.0. The van der Waals surface area contributed by atoms with Gasteiger partial charge in [0, 0.05) is 10.6 Å². The molecule has 0 fully saturated rings. The molecule has 3 aromatic carbocycles. The van der Waals surface area contributed by atoms with Crippen molar-refractivity contribution in [1.82, 2.24) is 15.0 Å². The van der Waals surface area contributed by atoms with Crippen molar-refractivity contribution in [3.63, 3.8) is 0 Å². The number of carbonyl (C=O) groups is 1. The van der Waals surface area contributed by atoms with E-state index in [9.17, 15) is 15.0 Å². The van der Waals surface area contributed by atoms with Gasteiger partial charge in [-0.2, -0.15) is 0 Å². The first kappa shape index (κ1) is 20.3. The van der Waals surface area contributed by atoms with Gasteiger partial charge in [0.25, 0.3) is 0 Å². The fourth-order valence-electron chi connectivity index (χ4n) is 2.97. The lowest BCUT2D eigenvalue weighted by atomic mass is 10.1. The molecular weight excluding hydrogens is 418 g/mol. The van der Waals surface area contributed by atoms with Crippen LogP contribution in [0.5, 0.6) is 11.5 Å². The van der Waals surface area contributed by atoms with E-state index in [4.69, 9.17) is 16.3 Å². The standard InChI is InChI=1S/C23H16ClN3O4/c1-31-23(30)14-8-6-13(7-9-14)20-25-21(16-4-2-3-5-18(16)28)27-22(26-20)17-12-15(24)10-11-19(17)29/h2-12,28-29H,1H3. The molecule has 0 saturated heterocycles. The summed E-state index contributed by atoms with van der Waals surface area (Å²) in [5.74, 6) is 0.184. The van der Waals surface area contributed by atoms with Crippen molar-refractivity contribution >= 4 is 17.6 Å². The first-order valence-corrected chi connectivity index (χ1v) is 9.56. The third-order valence-electron chi connectivity index (χ3n) is 4.54. The number of aromatic nitrogens is 3. The summed E-state index contributed by atoms with van der Waals surface area (Å²) in [4.78, 5) is 25.1. The lowest BCUT2D eigenvalue weighted by Crippen LogP contribution is -2.02. The lowest BCUT2D eigenvalue weighted by Gasteiger charge is -2.10. The van der Waals surface area contributed by atoms with E-state index in [1.54, 1.807) is 54.6 Å². The van der Waals surface area contributed by atoms with E-state index in [0.717, 1.165) is 0 Å². The predicted octanol–water partition coefficient (Wildman–Crippen LogP) is 4.72. The monoisotopic (exact) mass is 433 g/mol. The first-order valence-electron chi connectivity index (χ1n) is 9.18. The number of ether oxygens (including phenoxy) is 1. The Morgan fingerprint density at radius 3 is 2.10 bits per heavy atom. The third-order valence-corrected chi connectivity index (χ3v) is 4.78. The smallest absolute Gasteiger partial charge is 0.337 e. The summed E-state index contributed by atoms with van der Waals surface area (Å²) >= 11 is 6.10. The zero-order valence-electron chi connectivity index (χ0n) is 16.3. The molecule has 0 saturated carbocycles. The van der Waals surface area contributed by atoms with Gasteiger partial charge in [-0.25, -0.2) is 19.7 Å². The van der Waals surface area contributed by atoms with E-state index >= 15 is 0 Å². The number of benzene rings is 3. The Hall–Kier alpha value is -3.97. The van der Waals surface area contributed by atoms with Crippen LogP contribution in [-0.4, -0.2) is 38.2 Å². The van der Waals surface area contributed by atoms with Crippen molar-refractivity contribution in [2.45, 2.75) is 0 Å². The van der Waals surface area contributed by atoms with Gasteiger partial charge in [0.1, 0.15) is 11.5 Å². The number of hydrogen-bond donors (Lipinski definition) is 2. The van der Waals surface area contributed by atoms with Crippen LogP contribution in [-0.2, 0) is 4.74 Å². The van der Waals surface area contributed by atoms with Crippen LogP contribution in [0.3, 0.4) is 0 Å².